The van der Waals surface area contributed by atoms with Gasteiger partial charge in [0, 0.05) is 18.7 Å². The average molecular weight is 508 g/mol. The smallest absolute Gasteiger partial charge is 0.244 e. The van der Waals surface area contributed by atoms with E-state index in [0.29, 0.717) is 23.5 Å². The van der Waals surface area contributed by atoms with E-state index in [4.69, 9.17) is 9.47 Å². The molecule has 1 aliphatic rings. The molecule has 2 amide bonds. The fourth-order valence-electron chi connectivity index (χ4n) is 3.74. The van der Waals surface area contributed by atoms with Gasteiger partial charge in [-0.3, -0.25) is 13.9 Å². The molecule has 35 heavy (non-hydrogen) atoms. The number of hydrogen-bond donors (Lipinski definition) is 1. The Kier molecular flexibility index (Phi) is 8.21. The zero-order valence-corrected chi connectivity index (χ0v) is 21.0. The predicted molar refractivity (Wildman–Crippen MR) is 129 cm³/mol. The van der Waals surface area contributed by atoms with Crippen LogP contribution >= 0.6 is 0 Å². The van der Waals surface area contributed by atoms with E-state index in [0.717, 1.165) is 10.6 Å². The Hall–Kier alpha value is -3.34. The maximum atomic E-state index is 13.6. The van der Waals surface area contributed by atoms with Crippen LogP contribution in [0.3, 0.4) is 0 Å². The molecule has 2 aromatic rings. The van der Waals surface area contributed by atoms with Crippen molar-refractivity contribution in [2.24, 2.45) is 0 Å². The van der Waals surface area contributed by atoms with Gasteiger partial charge in [0.05, 0.1) is 11.9 Å². The molecule has 1 aliphatic heterocycles. The minimum atomic E-state index is -3.87. The number of benzene rings is 2. The number of halogens is 1. The van der Waals surface area contributed by atoms with Gasteiger partial charge in [0.25, 0.3) is 0 Å². The Balaban J connectivity index is 1.94. The van der Waals surface area contributed by atoms with Crippen LogP contribution in [0.2, 0.25) is 0 Å². The summed E-state index contributed by atoms with van der Waals surface area (Å²) in [6.45, 7) is 4.86. The topological polar surface area (TPSA) is 105 Å². The normalized spacial score (nSPS) is 13.4. The number of carbonyl (C=O) groups excluding carboxylic acids is 2. The number of nitrogens with zero attached hydrogens (tertiary/aromatic N) is 2. The van der Waals surface area contributed by atoms with Crippen LogP contribution in [-0.4, -0.2) is 56.8 Å². The van der Waals surface area contributed by atoms with Crippen molar-refractivity contribution < 1.29 is 31.9 Å². The summed E-state index contributed by atoms with van der Waals surface area (Å²) >= 11 is 0. The molecule has 0 unspecified atom stereocenters. The van der Waals surface area contributed by atoms with E-state index in [2.05, 4.69) is 5.32 Å². The molecule has 190 valence electrons. The van der Waals surface area contributed by atoms with E-state index in [1.54, 1.807) is 13.0 Å². The van der Waals surface area contributed by atoms with Crippen LogP contribution in [0.5, 0.6) is 11.5 Å². The molecule has 0 radical (unpaired) electrons. The standard InChI is InChI=1S/C24H30FN3O6S/c1-5-20(24(30)26-16(2)3)27(13-17-6-8-18(25)9-7-17)23(29)14-28(35(4,31)32)19-10-11-21-22(12-19)34-15-33-21/h6-12,16,20H,5,13-15H2,1-4H3,(H,26,30)/t20-/m1/s1. The lowest BCUT2D eigenvalue weighted by molar-refractivity contribution is -0.140. The minimum absolute atomic E-state index is 0.00186. The van der Waals surface area contributed by atoms with Crippen LogP contribution in [0.1, 0.15) is 32.8 Å². The second-order valence-corrected chi connectivity index (χ2v) is 10.4. The van der Waals surface area contributed by atoms with Crippen molar-refractivity contribution in [1.82, 2.24) is 10.2 Å². The van der Waals surface area contributed by atoms with Gasteiger partial charge in [-0.2, -0.15) is 0 Å². The highest BCUT2D eigenvalue weighted by atomic mass is 32.2. The highest BCUT2D eigenvalue weighted by Crippen LogP contribution is 2.36. The molecular formula is C24H30FN3O6S. The van der Waals surface area contributed by atoms with Gasteiger partial charge in [-0.15, -0.1) is 0 Å². The number of nitrogens with one attached hydrogen (secondary N) is 1. The number of anilines is 1. The number of fused-ring (bicyclic) bond motifs is 1. The van der Waals surface area contributed by atoms with Gasteiger partial charge in [0.2, 0.25) is 28.6 Å². The highest BCUT2D eigenvalue weighted by molar-refractivity contribution is 7.92. The maximum absolute atomic E-state index is 13.6. The van der Waals surface area contributed by atoms with E-state index in [1.807, 2.05) is 13.8 Å². The highest BCUT2D eigenvalue weighted by Gasteiger charge is 2.32. The van der Waals surface area contributed by atoms with Crippen molar-refractivity contribution in [1.29, 1.82) is 0 Å². The Morgan fingerprint density at radius 2 is 1.74 bits per heavy atom. The Morgan fingerprint density at radius 3 is 2.34 bits per heavy atom. The summed E-state index contributed by atoms with van der Waals surface area (Å²) in [5.74, 6) is -0.519. The van der Waals surface area contributed by atoms with Crippen molar-refractivity contribution in [2.75, 3.05) is 23.9 Å². The van der Waals surface area contributed by atoms with E-state index < -0.39 is 34.3 Å². The fourth-order valence-corrected chi connectivity index (χ4v) is 4.58. The van der Waals surface area contributed by atoms with Crippen LogP contribution in [0.15, 0.2) is 42.5 Å². The van der Waals surface area contributed by atoms with E-state index in [9.17, 15) is 22.4 Å². The van der Waals surface area contributed by atoms with E-state index in [1.165, 1.54) is 41.3 Å². The Morgan fingerprint density at radius 1 is 1.09 bits per heavy atom. The number of hydrogen-bond acceptors (Lipinski definition) is 6. The fraction of sp³-hybridized carbons (Fsp3) is 0.417. The number of rotatable bonds is 10. The first-order valence-corrected chi connectivity index (χ1v) is 13.1. The molecule has 9 nitrogen and oxygen atoms in total. The van der Waals surface area contributed by atoms with Crippen LogP contribution < -0.4 is 19.1 Å². The summed E-state index contributed by atoms with van der Waals surface area (Å²) < 4.78 is 50.3. The maximum Gasteiger partial charge on any atom is 0.244 e. The molecule has 1 atom stereocenters. The molecular weight excluding hydrogens is 477 g/mol. The molecule has 3 rings (SSSR count). The summed E-state index contributed by atoms with van der Waals surface area (Å²) in [5, 5.41) is 2.81. The van der Waals surface area contributed by atoms with E-state index in [-0.39, 0.29) is 31.0 Å². The predicted octanol–water partition coefficient (Wildman–Crippen LogP) is 2.65. The summed E-state index contributed by atoms with van der Waals surface area (Å²) in [4.78, 5) is 27.8. The molecule has 0 aliphatic carbocycles. The van der Waals surface area contributed by atoms with Gasteiger partial charge < -0.3 is 19.7 Å². The van der Waals surface area contributed by atoms with Gasteiger partial charge in [0.15, 0.2) is 11.5 Å². The monoisotopic (exact) mass is 507 g/mol. The zero-order valence-electron chi connectivity index (χ0n) is 20.2. The number of ether oxygens (including phenoxy) is 2. The zero-order chi connectivity index (χ0) is 25.8. The third-order valence-electron chi connectivity index (χ3n) is 5.41. The second-order valence-electron chi connectivity index (χ2n) is 8.54. The van der Waals surface area contributed by atoms with Crippen molar-refractivity contribution in [3.63, 3.8) is 0 Å². The SMILES string of the molecule is CC[C@H](C(=O)NC(C)C)N(Cc1ccc(F)cc1)C(=O)CN(c1ccc2c(c1)OCO2)S(C)(=O)=O. The van der Waals surface area contributed by atoms with Crippen molar-refractivity contribution >= 4 is 27.5 Å². The Bertz CT molecular complexity index is 1170. The molecule has 0 bridgehead atoms. The lowest BCUT2D eigenvalue weighted by Crippen LogP contribution is -2.53. The lowest BCUT2D eigenvalue weighted by atomic mass is 10.1. The average Bonchev–Trinajstić information content (AvgIpc) is 3.25. The molecule has 11 heteroatoms. The summed E-state index contributed by atoms with van der Waals surface area (Å²) in [6.07, 6.45) is 1.30. The third-order valence-corrected chi connectivity index (χ3v) is 6.55. The summed E-state index contributed by atoms with van der Waals surface area (Å²) in [6, 6.07) is 9.16. The second kappa shape index (κ2) is 10.9. The third kappa shape index (κ3) is 6.62. The van der Waals surface area contributed by atoms with Gasteiger partial charge in [-0.1, -0.05) is 19.1 Å². The van der Waals surface area contributed by atoms with Gasteiger partial charge in [0.1, 0.15) is 18.4 Å². The van der Waals surface area contributed by atoms with Crippen molar-refractivity contribution in [3.05, 3.63) is 53.8 Å². The number of sulfonamides is 1. The minimum Gasteiger partial charge on any atom is -0.454 e. The molecule has 0 spiro atoms. The van der Waals surface area contributed by atoms with Crippen LogP contribution in [0, 0.1) is 5.82 Å². The van der Waals surface area contributed by atoms with Crippen molar-refractivity contribution in [2.45, 2.75) is 45.8 Å². The largest absolute Gasteiger partial charge is 0.454 e. The van der Waals surface area contributed by atoms with E-state index >= 15 is 0 Å². The van der Waals surface area contributed by atoms with Crippen molar-refractivity contribution in [3.8, 4) is 11.5 Å². The molecule has 0 saturated carbocycles. The first-order chi connectivity index (χ1) is 16.5. The molecule has 0 saturated heterocycles. The number of amides is 2. The van der Waals surface area contributed by atoms with Gasteiger partial charge >= 0.3 is 0 Å². The van der Waals surface area contributed by atoms with Gasteiger partial charge in [-0.05, 0) is 50.1 Å². The quantitative estimate of drug-likeness (QED) is 0.530. The Labute approximate surface area is 204 Å². The van der Waals surface area contributed by atoms with Crippen LogP contribution in [0.25, 0.3) is 0 Å². The summed E-state index contributed by atoms with van der Waals surface area (Å²) in [7, 11) is -3.87. The lowest BCUT2D eigenvalue weighted by Gasteiger charge is -2.33. The number of carbonyl (C=O) groups is 2. The first kappa shape index (κ1) is 26.3. The molecule has 0 aromatic heterocycles. The van der Waals surface area contributed by atoms with Crippen LogP contribution in [-0.2, 0) is 26.2 Å². The molecule has 1 heterocycles. The molecule has 2 aromatic carbocycles. The first-order valence-electron chi connectivity index (χ1n) is 11.2. The van der Waals surface area contributed by atoms with Crippen LogP contribution in [0.4, 0.5) is 10.1 Å². The summed E-state index contributed by atoms with van der Waals surface area (Å²) in [5.41, 5.74) is 0.830. The van der Waals surface area contributed by atoms with Gasteiger partial charge in [-0.25, -0.2) is 12.8 Å². The molecule has 0 fully saturated rings. The molecule has 1 N–H and O–H groups in total.